The van der Waals surface area contributed by atoms with Gasteiger partial charge in [0, 0.05) is 60.9 Å². The molecule has 3 N–H and O–H groups in total. The van der Waals surface area contributed by atoms with Gasteiger partial charge in [-0.05, 0) is 104 Å². The Bertz CT molecular complexity index is 2680. The van der Waals surface area contributed by atoms with Crippen molar-refractivity contribution in [3.8, 4) is 40.5 Å². The van der Waals surface area contributed by atoms with E-state index in [1.807, 2.05) is 58.0 Å². The number of ether oxygens (including phenoxy) is 5. The number of nitrogens with one attached hydrogen (secondary N) is 1. The van der Waals surface area contributed by atoms with Crippen LogP contribution in [0.4, 0.5) is 4.79 Å². The lowest BCUT2D eigenvalue weighted by Crippen LogP contribution is -2.44. The molecule has 2 aromatic heterocycles. The zero-order valence-corrected chi connectivity index (χ0v) is 44.5. The molecule has 0 aliphatic rings. The molecule has 3 aromatic carbocycles. The molecule has 17 heteroatoms. The zero-order chi connectivity index (χ0) is 52.1. The molecule has 0 spiro atoms. The minimum absolute atomic E-state index is 0.0260. The van der Waals surface area contributed by atoms with Gasteiger partial charge in [0.1, 0.15) is 43.0 Å². The lowest BCUT2D eigenvalue weighted by atomic mass is 9.92. The summed E-state index contributed by atoms with van der Waals surface area (Å²) in [4.78, 5) is 34.9. The van der Waals surface area contributed by atoms with Crippen LogP contribution in [0.5, 0.6) is 23.3 Å². The Kier molecular flexibility index (Phi) is 19.4. The monoisotopic (exact) mass is 1010 g/mol. The van der Waals surface area contributed by atoms with Gasteiger partial charge in [-0.25, -0.2) is 4.79 Å². The number of carbonyl (C=O) groups excluding carboxylic acids is 1. The van der Waals surface area contributed by atoms with Crippen LogP contribution in [-0.4, -0.2) is 84.0 Å². The average molecular weight is 1010 g/mol. The van der Waals surface area contributed by atoms with Crippen LogP contribution in [0.25, 0.3) is 11.1 Å². The smallest absolute Gasteiger partial charge is 0.410 e. The van der Waals surface area contributed by atoms with Gasteiger partial charge in [-0.3, -0.25) is 9.78 Å². The molecule has 1 amide bonds. The van der Waals surface area contributed by atoms with E-state index in [4.69, 9.17) is 44.8 Å². The summed E-state index contributed by atoms with van der Waals surface area (Å²) in [5.41, 5.74) is 7.74. The highest BCUT2D eigenvalue weighted by Gasteiger charge is 2.37. The van der Waals surface area contributed by atoms with Gasteiger partial charge < -0.3 is 48.5 Å². The number of carboxylic acids is 1. The fourth-order valence-corrected chi connectivity index (χ4v) is 8.47. The van der Waals surface area contributed by atoms with E-state index in [0.29, 0.717) is 63.7 Å². The maximum Gasteiger partial charge on any atom is 0.410 e. The summed E-state index contributed by atoms with van der Waals surface area (Å²) in [5, 5.41) is 31.9. The van der Waals surface area contributed by atoms with E-state index in [2.05, 4.69) is 74.3 Å². The number of halogens is 1. The normalized spacial score (nSPS) is 12.2. The average Bonchev–Trinajstić information content (AvgIpc) is 3.29. The third-order valence-electron chi connectivity index (χ3n) is 12.2. The summed E-state index contributed by atoms with van der Waals surface area (Å²) in [7, 11) is -0.507. The summed E-state index contributed by atoms with van der Waals surface area (Å²) >= 11 is 6.80. The third kappa shape index (κ3) is 16.1. The fourth-order valence-electron chi connectivity index (χ4n) is 7.19. The number of rotatable bonds is 23. The largest absolute Gasteiger partial charge is 0.488 e. The quantitative estimate of drug-likeness (QED) is 0.0523. The van der Waals surface area contributed by atoms with Crippen molar-refractivity contribution in [1.29, 1.82) is 5.26 Å². The number of pyridine rings is 2. The molecular weight excluding hydrogens is 942 g/mol. The standard InChI is InChI=1S/C54H68ClN5O10Si/c1-35-40(33-67-48-25-47(66-32-38-22-37(26-56)27-57-28-38)42(23-46(48)55)29-58-30-43(61)24-50(62)63)14-12-16-44(35)45-17-13-15-41(36(45)2)34-68-49-19-18-39(51(59-49)65-9)31-60(52(64)70-53(3,4)5)20-21-69-71(10,11)54(6,7)8/h12-19,22-23,25,27-28,43,58,61H,20-21,24,29-34H2,1-11H3,(H,62,63). The molecule has 71 heavy (non-hydrogen) atoms. The van der Waals surface area contributed by atoms with Crippen LogP contribution in [0.1, 0.15) is 92.5 Å². The van der Waals surface area contributed by atoms with Crippen molar-refractivity contribution >= 4 is 32.0 Å². The Labute approximate surface area is 424 Å². The molecule has 15 nitrogen and oxygen atoms in total. The lowest BCUT2D eigenvalue weighted by Gasteiger charge is -2.37. The number of aliphatic hydroxyl groups is 1. The van der Waals surface area contributed by atoms with Crippen LogP contribution in [0.3, 0.4) is 0 Å². The molecule has 1 atom stereocenters. The molecular formula is C54H68ClN5O10Si. The van der Waals surface area contributed by atoms with Crippen LogP contribution in [-0.2, 0) is 46.9 Å². The summed E-state index contributed by atoms with van der Waals surface area (Å²) in [6.45, 7) is 22.2. The van der Waals surface area contributed by atoms with Gasteiger partial charge in [-0.15, -0.1) is 0 Å². The van der Waals surface area contributed by atoms with Crippen molar-refractivity contribution in [2.24, 2.45) is 0 Å². The van der Waals surface area contributed by atoms with E-state index < -0.39 is 38.5 Å². The van der Waals surface area contributed by atoms with Crippen molar-refractivity contribution in [2.75, 3.05) is 26.8 Å². The maximum absolute atomic E-state index is 13.4. The van der Waals surface area contributed by atoms with E-state index in [-0.39, 0.29) is 44.5 Å². The van der Waals surface area contributed by atoms with Gasteiger partial charge in [0.15, 0.2) is 8.32 Å². The topological polar surface area (TPSA) is 195 Å². The Morgan fingerprint density at radius 1 is 0.859 bits per heavy atom. The molecule has 0 aliphatic heterocycles. The molecule has 0 saturated heterocycles. The molecule has 1 unspecified atom stereocenters. The Balaban J connectivity index is 1.30. The van der Waals surface area contributed by atoms with Crippen molar-refractivity contribution in [3.63, 3.8) is 0 Å². The summed E-state index contributed by atoms with van der Waals surface area (Å²) in [6, 6.07) is 23.0. The number of aromatic nitrogens is 2. The van der Waals surface area contributed by atoms with E-state index in [1.165, 1.54) is 6.20 Å². The first-order chi connectivity index (χ1) is 33.5. The van der Waals surface area contributed by atoms with Crippen LogP contribution in [0, 0.1) is 25.2 Å². The number of carboxylic acid groups (broad SMARTS) is 1. The highest BCUT2D eigenvalue weighted by molar-refractivity contribution is 6.74. The molecule has 0 saturated carbocycles. The van der Waals surface area contributed by atoms with E-state index in [1.54, 1.807) is 42.5 Å². The number of aliphatic carboxylic acids is 1. The first-order valence-corrected chi connectivity index (χ1v) is 26.8. The number of amides is 1. The van der Waals surface area contributed by atoms with Crippen molar-refractivity contribution < 1.29 is 47.9 Å². The first kappa shape index (κ1) is 55.7. The van der Waals surface area contributed by atoms with Gasteiger partial charge >= 0.3 is 12.1 Å². The molecule has 5 aromatic rings. The molecule has 2 heterocycles. The number of hydrogen-bond acceptors (Lipinski definition) is 13. The zero-order valence-electron chi connectivity index (χ0n) is 42.8. The van der Waals surface area contributed by atoms with E-state index in [0.717, 1.165) is 33.4 Å². The number of nitrogens with zero attached hydrogens (tertiary/aromatic N) is 4. The predicted molar refractivity (Wildman–Crippen MR) is 275 cm³/mol. The van der Waals surface area contributed by atoms with E-state index >= 15 is 0 Å². The second-order valence-electron chi connectivity index (χ2n) is 19.8. The second kappa shape index (κ2) is 24.7. The van der Waals surface area contributed by atoms with Crippen molar-refractivity contribution in [1.82, 2.24) is 20.2 Å². The molecule has 380 valence electrons. The third-order valence-corrected chi connectivity index (χ3v) is 17.1. The van der Waals surface area contributed by atoms with Gasteiger partial charge in [-0.2, -0.15) is 10.2 Å². The van der Waals surface area contributed by atoms with Gasteiger partial charge in [0.05, 0.1) is 43.4 Å². The molecule has 0 fully saturated rings. The van der Waals surface area contributed by atoms with Gasteiger partial charge in [-0.1, -0.05) is 68.8 Å². The number of aliphatic hydroxyl groups excluding tert-OH is 1. The van der Waals surface area contributed by atoms with Crippen LogP contribution in [0.15, 0.2) is 79.1 Å². The van der Waals surface area contributed by atoms with Crippen LogP contribution >= 0.6 is 11.6 Å². The maximum atomic E-state index is 13.4. The number of hydrogen-bond donors (Lipinski definition) is 3. The number of nitriles is 1. The summed E-state index contributed by atoms with van der Waals surface area (Å²) in [6.07, 6.45) is 1.15. The summed E-state index contributed by atoms with van der Waals surface area (Å²) in [5.74, 6) is 0.430. The second-order valence-corrected chi connectivity index (χ2v) is 25.1. The highest BCUT2D eigenvalue weighted by Crippen LogP contribution is 2.38. The van der Waals surface area contributed by atoms with Gasteiger partial charge in [0.2, 0.25) is 11.8 Å². The number of benzene rings is 3. The number of carbonyl (C=O) groups is 2. The highest BCUT2D eigenvalue weighted by atomic mass is 35.5. The van der Waals surface area contributed by atoms with Crippen LogP contribution < -0.4 is 24.3 Å². The molecule has 0 radical (unpaired) electrons. The number of methoxy groups -OCH3 is 1. The van der Waals surface area contributed by atoms with Crippen LogP contribution in [0.2, 0.25) is 23.2 Å². The minimum Gasteiger partial charge on any atom is -0.488 e. The Morgan fingerprint density at radius 3 is 2.11 bits per heavy atom. The first-order valence-electron chi connectivity index (χ1n) is 23.5. The van der Waals surface area contributed by atoms with Crippen molar-refractivity contribution in [3.05, 3.63) is 129 Å². The molecule has 0 bridgehead atoms. The van der Waals surface area contributed by atoms with Crippen molar-refractivity contribution in [2.45, 2.75) is 125 Å². The van der Waals surface area contributed by atoms with E-state index in [9.17, 15) is 20.0 Å². The Hall–Kier alpha value is -6.22. The van der Waals surface area contributed by atoms with Gasteiger partial charge in [0.25, 0.3) is 0 Å². The fraction of sp³-hybridized carbons (Fsp3) is 0.426. The molecule has 5 rings (SSSR count). The summed E-state index contributed by atoms with van der Waals surface area (Å²) < 4.78 is 36.8. The minimum atomic E-state index is -2.05. The Morgan fingerprint density at radius 2 is 1.51 bits per heavy atom. The lowest BCUT2D eigenvalue weighted by molar-refractivity contribution is -0.139. The predicted octanol–water partition coefficient (Wildman–Crippen LogP) is 10.7. The molecule has 0 aliphatic carbocycles. The SMILES string of the molecule is COc1nc(OCc2cccc(-c3cccc(COc4cc(OCc5cncc(C#N)c5)c(CNCC(O)CC(=O)O)cc4Cl)c3C)c2C)ccc1CN(CCO[Si](C)(C)C(C)(C)C)C(=O)OC(C)(C)C.